The van der Waals surface area contributed by atoms with Gasteiger partial charge in [-0.2, -0.15) is 0 Å². The van der Waals surface area contributed by atoms with Crippen molar-refractivity contribution >= 4 is 5.91 Å². The molecule has 2 heterocycles. The summed E-state index contributed by atoms with van der Waals surface area (Å²) in [7, 11) is 0. The SMILES string of the molecule is O=C(NCCn1cccc1)[C@H]1CCCCN1. The van der Waals surface area contributed by atoms with E-state index in [9.17, 15) is 4.79 Å². The molecule has 0 bridgehead atoms. The Labute approximate surface area is 96.0 Å². The van der Waals surface area contributed by atoms with Crippen LogP contribution in [0.4, 0.5) is 0 Å². The lowest BCUT2D eigenvalue weighted by molar-refractivity contribution is -0.123. The second-order valence-electron chi connectivity index (χ2n) is 4.21. The Morgan fingerprint density at radius 3 is 2.88 bits per heavy atom. The summed E-state index contributed by atoms with van der Waals surface area (Å²) in [5.74, 6) is 0.145. The summed E-state index contributed by atoms with van der Waals surface area (Å²) in [6.07, 6.45) is 7.32. The molecule has 1 aliphatic heterocycles. The third-order valence-corrected chi connectivity index (χ3v) is 2.96. The Morgan fingerprint density at radius 2 is 2.19 bits per heavy atom. The van der Waals surface area contributed by atoms with Crippen molar-refractivity contribution in [2.45, 2.75) is 31.8 Å². The van der Waals surface area contributed by atoms with Crippen LogP contribution in [0.1, 0.15) is 19.3 Å². The molecular formula is C12H19N3O. The van der Waals surface area contributed by atoms with Gasteiger partial charge in [0, 0.05) is 25.5 Å². The van der Waals surface area contributed by atoms with Gasteiger partial charge in [-0.3, -0.25) is 4.79 Å². The summed E-state index contributed by atoms with van der Waals surface area (Å²) in [6.45, 7) is 2.51. The van der Waals surface area contributed by atoms with Gasteiger partial charge in [0.05, 0.1) is 6.04 Å². The fourth-order valence-electron chi connectivity index (χ4n) is 2.03. The average Bonchev–Trinajstić information content (AvgIpc) is 2.83. The fraction of sp³-hybridized carbons (Fsp3) is 0.583. The van der Waals surface area contributed by atoms with Gasteiger partial charge in [0.2, 0.25) is 5.91 Å². The fourth-order valence-corrected chi connectivity index (χ4v) is 2.03. The Balaban J connectivity index is 1.67. The lowest BCUT2D eigenvalue weighted by Gasteiger charge is -2.22. The van der Waals surface area contributed by atoms with Crippen LogP contribution in [0.2, 0.25) is 0 Å². The predicted octanol–water partition coefficient (Wildman–Crippen LogP) is 0.746. The van der Waals surface area contributed by atoms with E-state index in [0.29, 0.717) is 6.54 Å². The van der Waals surface area contributed by atoms with Gasteiger partial charge < -0.3 is 15.2 Å². The van der Waals surface area contributed by atoms with Gasteiger partial charge in [-0.25, -0.2) is 0 Å². The first-order valence-electron chi connectivity index (χ1n) is 5.98. The van der Waals surface area contributed by atoms with Gasteiger partial charge in [-0.1, -0.05) is 6.42 Å². The first kappa shape index (κ1) is 11.2. The van der Waals surface area contributed by atoms with Crippen molar-refractivity contribution in [3.05, 3.63) is 24.5 Å². The van der Waals surface area contributed by atoms with E-state index in [-0.39, 0.29) is 11.9 Å². The molecule has 0 aliphatic carbocycles. The van der Waals surface area contributed by atoms with Crippen LogP contribution in [0.25, 0.3) is 0 Å². The van der Waals surface area contributed by atoms with Crippen molar-refractivity contribution in [3.63, 3.8) is 0 Å². The first-order chi connectivity index (χ1) is 7.86. The number of amides is 1. The minimum absolute atomic E-state index is 0.0263. The zero-order chi connectivity index (χ0) is 11.2. The van der Waals surface area contributed by atoms with Crippen LogP contribution in [-0.4, -0.2) is 29.6 Å². The van der Waals surface area contributed by atoms with Crippen LogP contribution in [0.15, 0.2) is 24.5 Å². The lowest BCUT2D eigenvalue weighted by atomic mass is 10.0. The summed E-state index contributed by atoms with van der Waals surface area (Å²) >= 11 is 0. The zero-order valence-corrected chi connectivity index (χ0v) is 9.48. The van der Waals surface area contributed by atoms with Gasteiger partial charge >= 0.3 is 0 Å². The van der Waals surface area contributed by atoms with E-state index in [4.69, 9.17) is 0 Å². The molecule has 1 saturated heterocycles. The number of nitrogens with one attached hydrogen (secondary N) is 2. The lowest BCUT2D eigenvalue weighted by Crippen LogP contribution is -2.47. The number of aromatic nitrogens is 1. The molecule has 4 heteroatoms. The summed E-state index contributed by atoms with van der Waals surface area (Å²) in [5.41, 5.74) is 0. The number of carbonyl (C=O) groups is 1. The highest BCUT2D eigenvalue weighted by molar-refractivity contribution is 5.81. The summed E-state index contributed by atoms with van der Waals surface area (Å²) < 4.78 is 2.06. The minimum Gasteiger partial charge on any atom is -0.353 e. The molecular weight excluding hydrogens is 202 g/mol. The van der Waals surface area contributed by atoms with Crippen molar-refractivity contribution in [2.24, 2.45) is 0 Å². The Kier molecular flexibility index (Phi) is 3.99. The molecule has 1 aromatic heterocycles. The number of hydrogen-bond acceptors (Lipinski definition) is 2. The maximum atomic E-state index is 11.7. The molecule has 1 aromatic rings. The third kappa shape index (κ3) is 3.10. The Hall–Kier alpha value is -1.29. The summed E-state index contributed by atoms with van der Waals surface area (Å²) in [4.78, 5) is 11.7. The normalized spacial score (nSPS) is 20.6. The summed E-state index contributed by atoms with van der Waals surface area (Å²) in [5, 5.41) is 6.21. The maximum Gasteiger partial charge on any atom is 0.237 e. The van der Waals surface area contributed by atoms with E-state index in [0.717, 1.165) is 25.9 Å². The minimum atomic E-state index is 0.0263. The number of nitrogens with zero attached hydrogens (tertiary/aromatic N) is 1. The molecule has 0 saturated carbocycles. The van der Waals surface area contributed by atoms with Crippen molar-refractivity contribution in [1.29, 1.82) is 0 Å². The maximum absolute atomic E-state index is 11.7. The number of rotatable bonds is 4. The monoisotopic (exact) mass is 221 g/mol. The van der Waals surface area contributed by atoms with Crippen LogP contribution >= 0.6 is 0 Å². The summed E-state index contributed by atoms with van der Waals surface area (Å²) in [6, 6.07) is 4.01. The molecule has 0 radical (unpaired) electrons. The quantitative estimate of drug-likeness (QED) is 0.788. The largest absolute Gasteiger partial charge is 0.353 e. The highest BCUT2D eigenvalue weighted by Crippen LogP contribution is 2.06. The first-order valence-corrected chi connectivity index (χ1v) is 5.98. The number of hydrogen-bond donors (Lipinski definition) is 2. The van der Waals surface area contributed by atoms with Gasteiger partial charge in [0.15, 0.2) is 0 Å². The predicted molar refractivity (Wildman–Crippen MR) is 63.1 cm³/mol. The standard InChI is InChI=1S/C12H19N3O/c16-12(11-5-1-2-6-13-11)14-7-10-15-8-3-4-9-15/h3-4,8-9,11,13H,1-2,5-7,10H2,(H,14,16)/t11-/m1/s1. The average molecular weight is 221 g/mol. The molecule has 16 heavy (non-hydrogen) atoms. The zero-order valence-electron chi connectivity index (χ0n) is 9.48. The van der Waals surface area contributed by atoms with E-state index in [1.54, 1.807) is 0 Å². The van der Waals surface area contributed by atoms with Gasteiger partial charge in [0.25, 0.3) is 0 Å². The van der Waals surface area contributed by atoms with Gasteiger partial charge in [-0.05, 0) is 31.5 Å². The van der Waals surface area contributed by atoms with Crippen LogP contribution in [-0.2, 0) is 11.3 Å². The van der Waals surface area contributed by atoms with Crippen LogP contribution in [0.3, 0.4) is 0 Å². The molecule has 2 rings (SSSR count). The van der Waals surface area contributed by atoms with E-state index < -0.39 is 0 Å². The van der Waals surface area contributed by atoms with Crippen LogP contribution < -0.4 is 10.6 Å². The molecule has 2 N–H and O–H groups in total. The molecule has 1 fully saturated rings. The molecule has 1 atom stereocenters. The highest BCUT2D eigenvalue weighted by Gasteiger charge is 2.19. The molecule has 0 aromatic carbocycles. The van der Waals surface area contributed by atoms with E-state index in [1.807, 2.05) is 24.5 Å². The molecule has 88 valence electrons. The Morgan fingerprint density at radius 1 is 1.38 bits per heavy atom. The number of piperidine rings is 1. The third-order valence-electron chi connectivity index (χ3n) is 2.96. The second kappa shape index (κ2) is 5.70. The van der Waals surface area contributed by atoms with Crippen molar-refractivity contribution in [1.82, 2.24) is 15.2 Å². The highest BCUT2D eigenvalue weighted by atomic mass is 16.2. The van der Waals surface area contributed by atoms with Gasteiger partial charge in [-0.15, -0.1) is 0 Å². The van der Waals surface area contributed by atoms with E-state index in [2.05, 4.69) is 15.2 Å². The smallest absolute Gasteiger partial charge is 0.237 e. The van der Waals surface area contributed by atoms with Crippen LogP contribution in [0.5, 0.6) is 0 Å². The molecule has 0 spiro atoms. The second-order valence-corrected chi connectivity index (χ2v) is 4.21. The van der Waals surface area contributed by atoms with Crippen molar-refractivity contribution < 1.29 is 4.79 Å². The number of carbonyl (C=O) groups excluding carboxylic acids is 1. The van der Waals surface area contributed by atoms with E-state index >= 15 is 0 Å². The van der Waals surface area contributed by atoms with Gasteiger partial charge in [0.1, 0.15) is 0 Å². The molecule has 4 nitrogen and oxygen atoms in total. The van der Waals surface area contributed by atoms with Crippen LogP contribution in [0, 0.1) is 0 Å². The molecule has 1 aliphatic rings. The Bertz CT molecular complexity index is 315. The molecule has 1 amide bonds. The molecule has 0 unspecified atom stereocenters. The van der Waals surface area contributed by atoms with E-state index in [1.165, 1.54) is 6.42 Å². The van der Waals surface area contributed by atoms with Crippen molar-refractivity contribution in [2.75, 3.05) is 13.1 Å². The van der Waals surface area contributed by atoms with Crippen molar-refractivity contribution in [3.8, 4) is 0 Å². The topological polar surface area (TPSA) is 46.1 Å².